The largest absolute Gasteiger partial charge is 0.378 e. The Kier molecular flexibility index (Phi) is 6.95. The molecule has 8 heteroatoms. The molecule has 1 aromatic rings. The number of guanidine groups is 1. The van der Waals surface area contributed by atoms with Gasteiger partial charge in [0.25, 0.3) is 0 Å². The van der Waals surface area contributed by atoms with Crippen LogP contribution in [-0.2, 0) is 21.2 Å². The van der Waals surface area contributed by atoms with E-state index in [1.807, 2.05) is 13.8 Å². The van der Waals surface area contributed by atoms with Gasteiger partial charge in [-0.3, -0.25) is 4.99 Å². The van der Waals surface area contributed by atoms with Crippen molar-refractivity contribution in [1.82, 2.24) is 14.5 Å². The number of aliphatic imine (C=N–C) groups is 1. The van der Waals surface area contributed by atoms with Crippen molar-refractivity contribution in [2.24, 2.45) is 4.99 Å². The quantitative estimate of drug-likeness (QED) is 0.543. The van der Waals surface area contributed by atoms with Gasteiger partial charge in [0.1, 0.15) is 0 Å². The smallest absolute Gasteiger partial charge is 0.216 e. The molecule has 1 fully saturated rings. The number of benzene rings is 1. The Morgan fingerprint density at radius 2 is 1.96 bits per heavy atom. The summed E-state index contributed by atoms with van der Waals surface area (Å²) in [6.45, 7) is 7.17. The first-order valence-corrected chi connectivity index (χ1v) is 11.6. The van der Waals surface area contributed by atoms with Gasteiger partial charge in [-0.2, -0.15) is 4.31 Å². The topological polar surface area (TPSA) is 74.2 Å². The fraction of sp³-hybridized carbons (Fsp3) is 0.650. The van der Waals surface area contributed by atoms with E-state index in [1.54, 1.807) is 11.4 Å². The van der Waals surface area contributed by atoms with E-state index in [0.717, 1.165) is 18.9 Å². The molecule has 0 bridgehead atoms. The Bertz CT molecular complexity index is 786. The molecule has 0 radical (unpaired) electrons. The molecule has 1 heterocycles. The summed E-state index contributed by atoms with van der Waals surface area (Å²) in [6, 6.07) is 8.56. The van der Waals surface area contributed by atoms with Crippen molar-refractivity contribution in [3.8, 4) is 0 Å². The van der Waals surface area contributed by atoms with Crippen molar-refractivity contribution in [3.63, 3.8) is 0 Å². The molecule has 1 N–H and O–H groups in total. The Labute approximate surface area is 168 Å². The monoisotopic (exact) mass is 408 g/mol. The Balaban J connectivity index is 1.45. The molecule has 1 unspecified atom stereocenters. The maximum absolute atomic E-state index is 12.5. The molecule has 0 aromatic heterocycles. The molecule has 0 amide bonds. The SMILES string of the molecule is CN=C(NCC1Cc2ccccc21)N1CCN(S(=O)(=O)CCOC(C)C)CC1. The molecule has 3 rings (SSSR count). The van der Waals surface area contributed by atoms with Gasteiger partial charge >= 0.3 is 0 Å². The van der Waals surface area contributed by atoms with Gasteiger partial charge in [-0.15, -0.1) is 0 Å². The van der Waals surface area contributed by atoms with Gasteiger partial charge in [0.05, 0.1) is 18.5 Å². The second-order valence-corrected chi connectivity index (χ2v) is 9.74. The third-order valence-corrected chi connectivity index (χ3v) is 7.24. The average Bonchev–Trinajstić information content (AvgIpc) is 2.65. The van der Waals surface area contributed by atoms with Crippen LogP contribution in [0.1, 0.15) is 30.9 Å². The summed E-state index contributed by atoms with van der Waals surface area (Å²) in [7, 11) is -1.49. The number of rotatable bonds is 7. The van der Waals surface area contributed by atoms with Crippen LogP contribution in [0.15, 0.2) is 29.3 Å². The number of nitrogens with zero attached hydrogens (tertiary/aromatic N) is 3. The van der Waals surface area contributed by atoms with E-state index < -0.39 is 10.0 Å². The summed E-state index contributed by atoms with van der Waals surface area (Å²) in [5.41, 5.74) is 2.86. The number of sulfonamides is 1. The zero-order chi connectivity index (χ0) is 20.1. The van der Waals surface area contributed by atoms with E-state index in [4.69, 9.17) is 4.74 Å². The maximum atomic E-state index is 12.5. The van der Waals surface area contributed by atoms with Crippen molar-refractivity contribution in [3.05, 3.63) is 35.4 Å². The van der Waals surface area contributed by atoms with Crippen LogP contribution >= 0.6 is 0 Å². The minimum atomic E-state index is -3.27. The van der Waals surface area contributed by atoms with Crippen LogP contribution in [0.3, 0.4) is 0 Å². The molecule has 28 heavy (non-hydrogen) atoms. The second kappa shape index (κ2) is 9.24. The van der Waals surface area contributed by atoms with Gasteiger partial charge in [0, 0.05) is 45.7 Å². The van der Waals surface area contributed by atoms with Crippen molar-refractivity contribution in [2.45, 2.75) is 32.3 Å². The van der Waals surface area contributed by atoms with Crippen molar-refractivity contribution >= 4 is 16.0 Å². The Hall–Kier alpha value is -1.64. The third-order valence-electron chi connectivity index (χ3n) is 5.40. The number of piperazine rings is 1. The van der Waals surface area contributed by atoms with Crippen LogP contribution in [0.5, 0.6) is 0 Å². The standard InChI is InChI=1S/C20H32N4O3S/c1-16(2)27-12-13-28(25,26)24-10-8-23(9-11-24)20(21-3)22-15-18-14-17-6-4-5-7-19(17)18/h4-7,16,18H,8-15H2,1-3H3,(H,21,22). The fourth-order valence-corrected chi connectivity index (χ4v) is 5.07. The van der Waals surface area contributed by atoms with E-state index in [0.29, 0.717) is 32.1 Å². The highest BCUT2D eigenvalue weighted by molar-refractivity contribution is 7.89. The number of ether oxygens (including phenoxy) is 1. The highest BCUT2D eigenvalue weighted by Crippen LogP contribution is 2.34. The summed E-state index contributed by atoms with van der Waals surface area (Å²) >= 11 is 0. The van der Waals surface area contributed by atoms with Gasteiger partial charge in [-0.05, 0) is 31.4 Å². The molecule has 1 aromatic carbocycles. The molecular formula is C20H32N4O3S. The van der Waals surface area contributed by atoms with Gasteiger partial charge in [0.2, 0.25) is 10.0 Å². The van der Waals surface area contributed by atoms with Crippen molar-refractivity contribution in [1.29, 1.82) is 0 Å². The minimum Gasteiger partial charge on any atom is -0.378 e. The van der Waals surface area contributed by atoms with Gasteiger partial charge in [-0.25, -0.2) is 8.42 Å². The molecule has 1 atom stereocenters. The lowest BCUT2D eigenvalue weighted by Gasteiger charge is -2.37. The van der Waals surface area contributed by atoms with Crippen LogP contribution in [0.2, 0.25) is 0 Å². The van der Waals surface area contributed by atoms with E-state index in [2.05, 4.69) is 39.5 Å². The van der Waals surface area contributed by atoms with Crippen LogP contribution in [0.25, 0.3) is 0 Å². The Morgan fingerprint density at radius 3 is 2.61 bits per heavy atom. The lowest BCUT2D eigenvalue weighted by Crippen LogP contribution is -2.54. The number of nitrogens with one attached hydrogen (secondary N) is 1. The first kappa shape index (κ1) is 21.1. The fourth-order valence-electron chi connectivity index (χ4n) is 3.79. The third kappa shape index (κ3) is 5.04. The lowest BCUT2D eigenvalue weighted by atomic mass is 9.78. The summed E-state index contributed by atoms with van der Waals surface area (Å²) < 4.78 is 31.9. The van der Waals surface area contributed by atoms with Crippen LogP contribution in [0, 0.1) is 0 Å². The van der Waals surface area contributed by atoms with Crippen LogP contribution in [0.4, 0.5) is 0 Å². The minimum absolute atomic E-state index is 0.0409. The summed E-state index contributed by atoms with van der Waals surface area (Å²) in [4.78, 5) is 6.54. The van der Waals surface area contributed by atoms with Crippen LogP contribution in [-0.4, -0.2) is 81.8 Å². The summed E-state index contributed by atoms with van der Waals surface area (Å²) in [5, 5.41) is 3.47. The zero-order valence-electron chi connectivity index (χ0n) is 17.1. The molecule has 7 nitrogen and oxygen atoms in total. The second-order valence-electron chi connectivity index (χ2n) is 7.65. The van der Waals surface area contributed by atoms with E-state index >= 15 is 0 Å². The molecule has 1 saturated heterocycles. The van der Waals surface area contributed by atoms with Crippen molar-refractivity contribution in [2.75, 3.05) is 52.1 Å². The maximum Gasteiger partial charge on any atom is 0.216 e. The number of hydrogen-bond donors (Lipinski definition) is 1. The summed E-state index contributed by atoms with van der Waals surface area (Å²) in [6.07, 6.45) is 1.15. The van der Waals surface area contributed by atoms with Crippen LogP contribution < -0.4 is 5.32 Å². The first-order valence-electron chi connectivity index (χ1n) is 10.0. The Morgan fingerprint density at radius 1 is 1.25 bits per heavy atom. The highest BCUT2D eigenvalue weighted by atomic mass is 32.2. The predicted octanol–water partition coefficient (Wildman–Crippen LogP) is 1.27. The molecule has 0 saturated carbocycles. The molecular weight excluding hydrogens is 376 g/mol. The average molecular weight is 409 g/mol. The zero-order valence-corrected chi connectivity index (χ0v) is 17.9. The van der Waals surface area contributed by atoms with E-state index in [-0.39, 0.29) is 18.5 Å². The predicted molar refractivity (Wildman–Crippen MR) is 112 cm³/mol. The first-order chi connectivity index (χ1) is 13.4. The van der Waals surface area contributed by atoms with Crippen molar-refractivity contribution < 1.29 is 13.2 Å². The highest BCUT2D eigenvalue weighted by Gasteiger charge is 2.29. The molecule has 1 aliphatic carbocycles. The lowest BCUT2D eigenvalue weighted by molar-refractivity contribution is 0.0904. The van der Waals surface area contributed by atoms with Gasteiger partial charge in [0.15, 0.2) is 5.96 Å². The molecule has 1 aliphatic heterocycles. The van der Waals surface area contributed by atoms with E-state index in [1.165, 1.54) is 11.1 Å². The molecule has 2 aliphatic rings. The van der Waals surface area contributed by atoms with Gasteiger partial charge < -0.3 is 15.0 Å². The normalized spacial score (nSPS) is 20.8. The number of hydrogen-bond acceptors (Lipinski definition) is 4. The summed E-state index contributed by atoms with van der Waals surface area (Å²) in [5.74, 6) is 1.42. The molecule has 156 valence electrons. The van der Waals surface area contributed by atoms with Gasteiger partial charge in [-0.1, -0.05) is 24.3 Å². The molecule has 0 spiro atoms. The number of fused-ring (bicyclic) bond motifs is 1. The van der Waals surface area contributed by atoms with E-state index in [9.17, 15) is 8.42 Å².